The van der Waals surface area contributed by atoms with E-state index in [4.69, 9.17) is 9.47 Å². The van der Waals surface area contributed by atoms with Crippen LogP contribution < -0.4 is 4.74 Å². The maximum Gasteiger partial charge on any atom is 0.260 e. The maximum atomic E-state index is 13.1. The minimum absolute atomic E-state index is 0.148. The molecule has 1 saturated heterocycles. The van der Waals surface area contributed by atoms with Crippen molar-refractivity contribution in [1.82, 2.24) is 20.1 Å². The highest BCUT2D eigenvalue weighted by molar-refractivity contribution is 5.77. The molecule has 1 aliphatic rings. The Hall–Kier alpha value is -2.48. The van der Waals surface area contributed by atoms with E-state index in [1.807, 2.05) is 6.92 Å². The summed E-state index contributed by atoms with van der Waals surface area (Å²) >= 11 is 0. The molecule has 7 nitrogen and oxygen atoms in total. The van der Waals surface area contributed by atoms with E-state index in [9.17, 15) is 9.18 Å². The van der Waals surface area contributed by atoms with Gasteiger partial charge >= 0.3 is 0 Å². The Labute approximate surface area is 138 Å². The van der Waals surface area contributed by atoms with Gasteiger partial charge in [-0.3, -0.25) is 9.89 Å². The number of nitrogens with zero attached hydrogens (tertiary/aromatic N) is 3. The molecular weight excluding hydrogens is 315 g/mol. The van der Waals surface area contributed by atoms with E-state index < -0.39 is 5.82 Å². The van der Waals surface area contributed by atoms with Gasteiger partial charge in [0, 0.05) is 19.0 Å². The lowest BCUT2D eigenvalue weighted by molar-refractivity contribution is -0.141. The zero-order valence-corrected chi connectivity index (χ0v) is 13.4. The van der Waals surface area contributed by atoms with E-state index in [1.165, 1.54) is 18.2 Å². The number of ether oxygens (including phenoxy) is 2. The summed E-state index contributed by atoms with van der Waals surface area (Å²) in [7, 11) is 0. The molecule has 3 rings (SSSR count). The smallest absolute Gasteiger partial charge is 0.260 e. The summed E-state index contributed by atoms with van der Waals surface area (Å²) in [5, 5.41) is 6.98. The third-order valence-corrected chi connectivity index (χ3v) is 3.75. The molecule has 0 bridgehead atoms. The summed E-state index contributed by atoms with van der Waals surface area (Å²) in [6.07, 6.45) is 0.400. The van der Waals surface area contributed by atoms with Gasteiger partial charge in [0.2, 0.25) is 0 Å². The van der Waals surface area contributed by atoms with Crippen LogP contribution in [0, 0.1) is 5.82 Å². The number of aryl methyl sites for hydroxylation is 1. The average Bonchev–Trinajstić information content (AvgIpc) is 3.09. The molecule has 0 saturated carbocycles. The highest BCUT2D eigenvalue weighted by Crippen LogP contribution is 2.19. The largest absolute Gasteiger partial charge is 0.484 e. The number of hydrogen-bond donors (Lipinski definition) is 1. The Morgan fingerprint density at radius 3 is 3.17 bits per heavy atom. The summed E-state index contributed by atoms with van der Waals surface area (Å²) in [4.78, 5) is 18.3. The van der Waals surface area contributed by atoms with E-state index in [0.29, 0.717) is 31.3 Å². The fourth-order valence-corrected chi connectivity index (χ4v) is 2.44. The number of aromatic amines is 1. The number of hydrogen-bond acceptors (Lipinski definition) is 5. The lowest BCUT2D eigenvalue weighted by Crippen LogP contribution is -2.44. The number of carbonyl (C=O) groups excluding carboxylic acids is 1. The van der Waals surface area contributed by atoms with Crippen LogP contribution in [-0.4, -0.2) is 52.3 Å². The van der Waals surface area contributed by atoms with Crippen molar-refractivity contribution in [2.75, 3.05) is 26.3 Å². The predicted octanol–water partition coefficient (Wildman–Crippen LogP) is 1.49. The van der Waals surface area contributed by atoms with Crippen LogP contribution in [0.15, 0.2) is 24.3 Å². The third-order valence-electron chi connectivity index (χ3n) is 3.75. The molecule has 1 fully saturated rings. The molecule has 0 aliphatic carbocycles. The van der Waals surface area contributed by atoms with Crippen molar-refractivity contribution in [3.05, 3.63) is 41.7 Å². The lowest BCUT2D eigenvalue weighted by atomic mass is 10.2. The van der Waals surface area contributed by atoms with Crippen molar-refractivity contribution >= 4 is 5.91 Å². The monoisotopic (exact) mass is 334 g/mol. The molecule has 1 aromatic carbocycles. The summed E-state index contributed by atoms with van der Waals surface area (Å²) in [5.41, 5.74) is 0. The van der Waals surface area contributed by atoms with E-state index in [1.54, 1.807) is 11.0 Å². The Bertz CT molecular complexity index is 706. The van der Waals surface area contributed by atoms with Gasteiger partial charge in [-0.15, -0.1) is 0 Å². The van der Waals surface area contributed by atoms with Crippen LogP contribution in [0.5, 0.6) is 5.75 Å². The second kappa shape index (κ2) is 7.39. The number of halogens is 1. The van der Waals surface area contributed by atoms with Crippen molar-refractivity contribution in [1.29, 1.82) is 0 Å². The number of morpholine rings is 1. The molecule has 1 aromatic heterocycles. The van der Waals surface area contributed by atoms with E-state index in [2.05, 4.69) is 15.2 Å². The molecule has 0 unspecified atom stereocenters. The zero-order valence-electron chi connectivity index (χ0n) is 13.4. The molecule has 1 aliphatic heterocycles. The molecule has 0 spiro atoms. The lowest BCUT2D eigenvalue weighted by Gasteiger charge is -2.31. The number of nitrogens with one attached hydrogen (secondary N) is 1. The number of carbonyl (C=O) groups is 1. The van der Waals surface area contributed by atoms with Gasteiger partial charge in [-0.1, -0.05) is 13.0 Å². The van der Waals surface area contributed by atoms with Crippen LogP contribution in [0.1, 0.15) is 24.7 Å². The van der Waals surface area contributed by atoms with Gasteiger partial charge in [0.25, 0.3) is 5.91 Å². The van der Waals surface area contributed by atoms with E-state index in [-0.39, 0.29) is 18.6 Å². The molecule has 1 amide bonds. The Morgan fingerprint density at radius 1 is 1.54 bits per heavy atom. The standard InChI is InChI=1S/C16H19FN4O3/c1-2-14-18-16(20-19-14)13-9-21(6-7-23-13)15(22)10-24-12-5-3-4-11(17)8-12/h3-5,8,13H,2,6-7,9-10H2,1H3,(H,18,19,20)/t13-/m1/s1. The molecule has 2 heterocycles. The third kappa shape index (κ3) is 3.88. The molecule has 8 heteroatoms. The quantitative estimate of drug-likeness (QED) is 0.896. The van der Waals surface area contributed by atoms with Crippen LogP contribution in [0.4, 0.5) is 4.39 Å². The molecule has 0 radical (unpaired) electrons. The van der Waals surface area contributed by atoms with E-state index in [0.717, 1.165) is 12.2 Å². The van der Waals surface area contributed by atoms with Gasteiger partial charge in [-0.05, 0) is 12.1 Å². The van der Waals surface area contributed by atoms with Gasteiger partial charge < -0.3 is 14.4 Å². The SMILES string of the molecule is CCc1nc([C@H]2CN(C(=O)COc3cccc(F)c3)CCO2)n[nH]1. The Kier molecular flexibility index (Phi) is 5.05. The molecule has 1 N–H and O–H groups in total. The number of rotatable bonds is 5. The highest BCUT2D eigenvalue weighted by atomic mass is 19.1. The minimum Gasteiger partial charge on any atom is -0.484 e. The van der Waals surface area contributed by atoms with Crippen molar-refractivity contribution in [2.45, 2.75) is 19.4 Å². The second-order valence-corrected chi connectivity index (χ2v) is 5.44. The molecular formula is C16H19FN4O3. The van der Waals surface area contributed by atoms with Crippen molar-refractivity contribution < 1.29 is 18.7 Å². The van der Waals surface area contributed by atoms with Gasteiger partial charge in [0.15, 0.2) is 12.4 Å². The van der Waals surface area contributed by atoms with Crippen LogP contribution >= 0.6 is 0 Å². The normalized spacial score (nSPS) is 17.8. The first-order valence-electron chi connectivity index (χ1n) is 7.84. The number of H-pyrrole nitrogens is 1. The summed E-state index contributed by atoms with van der Waals surface area (Å²) in [6, 6.07) is 5.71. The Morgan fingerprint density at radius 2 is 2.42 bits per heavy atom. The number of benzene rings is 1. The summed E-state index contributed by atoms with van der Waals surface area (Å²) in [6.45, 7) is 3.08. The van der Waals surface area contributed by atoms with Gasteiger partial charge in [0.05, 0.1) is 13.2 Å². The number of amides is 1. The fraction of sp³-hybridized carbons (Fsp3) is 0.438. The van der Waals surface area contributed by atoms with Gasteiger partial charge in [-0.25, -0.2) is 9.37 Å². The summed E-state index contributed by atoms with van der Waals surface area (Å²) < 4.78 is 24.1. The van der Waals surface area contributed by atoms with Crippen molar-refractivity contribution in [3.8, 4) is 5.75 Å². The fourth-order valence-electron chi connectivity index (χ4n) is 2.44. The van der Waals surface area contributed by atoms with Gasteiger partial charge in [-0.2, -0.15) is 5.10 Å². The Balaban J connectivity index is 1.56. The molecule has 2 aromatic rings. The predicted molar refractivity (Wildman–Crippen MR) is 82.9 cm³/mol. The number of aromatic nitrogens is 3. The first-order chi connectivity index (χ1) is 11.7. The highest BCUT2D eigenvalue weighted by Gasteiger charge is 2.28. The molecule has 128 valence electrons. The van der Waals surface area contributed by atoms with Gasteiger partial charge in [0.1, 0.15) is 23.5 Å². The van der Waals surface area contributed by atoms with Crippen molar-refractivity contribution in [3.63, 3.8) is 0 Å². The van der Waals surface area contributed by atoms with Crippen LogP contribution in [0.2, 0.25) is 0 Å². The van der Waals surface area contributed by atoms with Crippen LogP contribution in [0.25, 0.3) is 0 Å². The first-order valence-corrected chi connectivity index (χ1v) is 7.84. The molecule has 1 atom stereocenters. The van der Waals surface area contributed by atoms with Crippen LogP contribution in [-0.2, 0) is 16.0 Å². The maximum absolute atomic E-state index is 13.1. The average molecular weight is 334 g/mol. The topological polar surface area (TPSA) is 80.3 Å². The minimum atomic E-state index is -0.400. The van der Waals surface area contributed by atoms with Crippen LogP contribution in [0.3, 0.4) is 0 Å². The van der Waals surface area contributed by atoms with E-state index >= 15 is 0 Å². The second-order valence-electron chi connectivity index (χ2n) is 5.44. The van der Waals surface area contributed by atoms with Crippen molar-refractivity contribution in [2.24, 2.45) is 0 Å². The summed E-state index contributed by atoms with van der Waals surface area (Å²) in [5.74, 6) is 1.08. The first kappa shape index (κ1) is 16.4. The zero-order chi connectivity index (χ0) is 16.9. The molecule has 24 heavy (non-hydrogen) atoms.